The molecule has 0 saturated heterocycles. The first-order valence-electron chi connectivity index (χ1n) is 14.9. The van der Waals surface area contributed by atoms with Crippen LogP contribution in [0.1, 0.15) is 99.3 Å². The van der Waals surface area contributed by atoms with Gasteiger partial charge in [-0.1, -0.05) is 40.0 Å². The van der Waals surface area contributed by atoms with Crippen LogP contribution in [0.4, 0.5) is 0 Å². The first-order valence-corrected chi connectivity index (χ1v) is 14.9. The molecular formula is C30H56O7. The van der Waals surface area contributed by atoms with Gasteiger partial charge in [-0.15, -0.1) is 0 Å². The maximum atomic E-state index is 11.0. The Labute approximate surface area is 225 Å². The third-order valence-electron chi connectivity index (χ3n) is 10.3. The molecule has 0 amide bonds. The summed E-state index contributed by atoms with van der Waals surface area (Å²) >= 11 is 0. The van der Waals surface area contributed by atoms with Crippen LogP contribution in [0.15, 0.2) is 0 Å². The summed E-state index contributed by atoms with van der Waals surface area (Å²) in [6.07, 6.45) is 6.67. The number of aliphatic hydroxyl groups is 5. The van der Waals surface area contributed by atoms with Gasteiger partial charge in [-0.25, -0.2) is 0 Å². The molecule has 0 aliphatic heterocycles. The lowest BCUT2D eigenvalue weighted by atomic mass is 9.69. The van der Waals surface area contributed by atoms with E-state index < -0.39 is 22.9 Å². The Morgan fingerprint density at radius 3 is 1.46 bits per heavy atom. The molecule has 0 aromatic carbocycles. The minimum absolute atomic E-state index is 0.101. The summed E-state index contributed by atoms with van der Waals surface area (Å²) in [5.41, 5.74) is -3.02. The van der Waals surface area contributed by atoms with Gasteiger partial charge in [0.25, 0.3) is 0 Å². The molecule has 3 aliphatic rings. The van der Waals surface area contributed by atoms with Gasteiger partial charge < -0.3 is 35.0 Å². The molecule has 7 nitrogen and oxygen atoms in total. The molecule has 5 N–H and O–H groups in total. The van der Waals surface area contributed by atoms with E-state index in [1.54, 1.807) is 6.92 Å². The van der Waals surface area contributed by atoms with Crippen LogP contribution in [0.25, 0.3) is 0 Å². The third-order valence-corrected chi connectivity index (χ3v) is 10.3. The minimum atomic E-state index is -1.25. The molecular weight excluding hydrogens is 472 g/mol. The second kappa shape index (κ2) is 12.5. The summed E-state index contributed by atoms with van der Waals surface area (Å²) in [4.78, 5) is 0. The number of ether oxygens (including phenoxy) is 2. The first-order chi connectivity index (χ1) is 17.3. The lowest BCUT2D eigenvalue weighted by Gasteiger charge is -2.52. The van der Waals surface area contributed by atoms with Crippen molar-refractivity contribution in [1.29, 1.82) is 0 Å². The van der Waals surface area contributed by atoms with E-state index in [2.05, 4.69) is 20.8 Å². The summed E-state index contributed by atoms with van der Waals surface area (Å²) < 4.78 is 13.7. The molecule has 0 heterocycles. The average Bonchev–Trinajstić information content (AvgIpc) is 2.83. The fourth-order valence-electron chi connectivity index (χ4n) is 7.68. The van der Waals surface area contributed by atoms with Gasteiger partial charge >= 0.3 is 0 Å². The van der Waals surface area contributed by atoms with Crippen molar-refractivity contribution < 1.29 is 35.0 Å². The standard InChI is InChI=1S/C30H56O7/c1-19-7-10-22(25(34)13-19)29(5,17-32)37-27-15-21(3)9-12-24(27)30(6,18-33)36-26-14-20(2)8-11-23(26)28(4,35)16-31/h19-27,31-35H,7-18H2,1-6H3/t19-,20-,21-,22-,23-,24-,25-,26-,27-,28?,29?,30?/m1/s1. The predicted molar refractivity (Wildman–Crippen MR) is 144 cm³/mol. The van der Waals surface area contributed by atoms with Crippen molar-refractivity contribution in [3.05, 3.63) is 0 Å². The third kappa shape index (κ3) is 7.08. The molecule has 37 heavy (non-hydrogen) atoms. The number of hydrogen-bond acceptors (Lipinski definition) is 7. The summed E-state index contributed by atoms with van der Waals surface area (Å²) in [6.45, 7) is 11.5. The lowest BCUT2D eigenvalue weighted by molar-refractivity contribution is -0.247. The van der Waals surface area contributed by atoms with Gasteiger partial charge in [-0.3, -0.25) is 0 Å². The van der Waals surface area contributed by atoms with Crippen molar-refractivity contribution in [3.63, 3.8) is 0 Å². The van der Waals surface area contributed by atoms with Gasteiger partial charge in [0, 0.05) is 17.8 Å². The van der Waals surface area contributed by atoms with Crippen LogP contribution in [-0.4, -0.2) is 80.5 Å². The van der Waals surface area contributed by atoms with E-state index in [1.165, 1.54) is 0 Å². The topological polar surface area (TPSA) is 120 Å². The molecule has 7 heteroatoms. The monoisotopic (exact) mass is 528 g/mol. The molecule has 0 radical (unpaired) electrons. The summed E-state index contributed by atoms with van der Waals surface area (Å²) in [5, 5.41) is 53.1. The number of hydrogen-bond donors (Lipinski definition) is 5. The van der Waals surface area contributed by atoms with Gasteiger partial charge in [0.2, 0.25) is 0 Å². The Morgan fingerprint density at radius 1 is 0.595 bits per heavy atom. The van der Waals surface area contributed by atoms with Crippen molar-refractivity contribution in [2.75, 3.05) is 19.8 Å². The van der Waals surface area contributed by atoms with Crippen molar-refractivity contribution in [3.8, 4) is 0 Å². The van der Waals surface area contributed by atoms with Crippen LogP contribution in [0, 0.1) is 35.5 Å². The van der Waals surface area contributed by atoms with Gasteiger partial charge in [-0.05, 0) is 77.0 Å². The number of aliphatic hydroxyl groups excluding tert-OH is 4. The minimum Gasteiger partial charge on any atom is -0.393 e. The van der Waals surface area contributed by atoms with Crippen LogP contribution < -0.4 is 0 Å². The summed E-state index contributed by atoms with van der Waals surface area (Å²) in [6, 6.07) is 0. The van der Waals surface area contributed by atoms with Crippen molar-refractivity contribution in [1.82, 2.24) is 0 Å². The van der Waals surface area contributed by atoms with Gasteiger partial charge in [0.1, 0.15) is 0 Å². The normalized spacial score (nSPS) is 42.4. The maximum Gasteiger partial charge on any atom is 0.0940 e. The Hall–Kier alpha value is -0.280. The molecule has 218 valence electrons. The highest BCUT2D eigenvalue weighted by atomic mass is 16.5. The largest absolute Gasteiger partial charge is 0.393 e. The van der Waals surface area contributed by atoms with Gasteiger partial charge in [0.15, 0.2) is 0 Å². The molecule has 3 fully saturated rings. The van der Waals surface area contributed by atoms with E-state index in [9.17, 15) is 25.5 Å². The second-order valence-corrected chi connectivity index (χ2v) is 13.9. The van der Waals surface area contributed by atoms with Crippen LogP contribution >= 0.6 is 0 Å². The van der Waals surface area contributed by atoms with Gasteiger partial charge in [0.05, 0.1) is 54.9 Å². The fourth-order valence-corrected chi connectivity index (χ4v) is 7.68. The SMILES string of the molecule is C[C@@H]1CC[C@@H](C(C)(CO)O[C@@H]2C[C@H](C)CC[C@H]2C(C)(CO)O[C@@H]2C[C@H](C)CC[C@H]2C(C)(O)CO)[C@H](O)C1. The molecule has 0 aromatic rings. The van der Waals surface area contributed by atoms with E-state index in [1.807, 2.05) is 13.8 Å². The first kappa shape index (κ1) is 31.3. The summed E-state index contributed by atoms with van der Waals surface area (Å²) in [5.74, 6) is 0.881. The molecule has 0 spiro atoms. The molecule has 3 saturated carbocycles. The zero-order valence-corrected chi connectivity index (χ0v) is 24.2. The van der Waals surface area contributed by atoms with Crippen LogP contribution in [-0.2, 0) is 9.47 Å². The van der Waals surface area contributed by atoms with E-state index >= 15 is 0 Å². The predicted octanol–water partition coefficient (Wildman–Crippen LogP) is 3.67. The lowest BCUT2D eigenvalue weighted by Crippen LogP contribution is -2.58. The van der Waals surface area contributed by atoms with Gasteiger partial charge in [-0.2, -0.15) is 0 Å². The average molecular weight is 529 g/mol. The van der Waals surface area contributed by atoms with E-state index in [0.717, 1.165) is 57.8 Å². The highest BCUT2D eigenvalue weighted by Crippen LogP contribution is 2.47. The second-order valence-electron chi connectivity index (χ2n) is 13.9. The van der Waals surface area contributed by atoms with E-state index in [0.29, 0.717) is 17.8 Å². The Morgan fingerprint density at radius 2 is 1.00 bits per heavy atom. The van der Waals surface area contributed by atoms with Crippen molar-refractivity contribution in [2.45, 2.75) is 134 Å². The smallest absolute Gasteiger partial charge is 0.0940 e. The Kier molecular flexibility index (Phi) is 10.5. The maximum absolute atomic E-state index is 11.0. The molecule has 3 rings (SSSR count). The molecule has 3 unspecified atom stereocenters. The van der Waals surface area contributed by atoms with Crippen LogP contribution in [0.5, 0.6) is 0 Å². The zero-order valence-electron chi connectivity index (χ0n) is 24.2. The highest BCUT2D eigenvalue weighted by Gasteiger charge is 2.51. The number of rotatable bonds is 10. The quantitative estimate of drug-likeness (QED) is 0.293. The van der Waals surface area contributed by atoms with E-state index in [4.69, 9.17) is 9.47 Å². The molecule has 12 atom stereocenters. The highest BCUT2D eigenvalue weighted by molar-refractivity contribution is 5.00. The Bertz CT molecular complexity index is 716. The molecule has 3 aliphatic carbocycles. The Balaban J connectivity index is 1.86. The van der Waals surface area contributed by atoms with Crippen LogP contribution in [0.2, 0.25) is 0 Å². The van der Waals surface area contributed by atoms with E-state index in [-0.39, 0.29) is 49.8 Å². The van der Waals surface area contributed by atoms with Crippen LogP contribution in [0.3, 0.4) is 0 Å². The fraction of sp³-hybridized carbons (Fsp3) is 1.00. The van der Waals surface area contributed by atoms with Crippen molar-refractivity contribution in [2.24, 2.45) is 35.5 Å². The zero-order chi connectivity index (χ0) is 27.6. The van der Waals surface area contributed by atoms with Crippen molar-refractivity contribution >= 4 is 0 Å². The molecule has 0 aromatic heterocycles. The summed E-state index contributed by atoms with van der Waals surface area (Å²) in [7, 11) is 0. The molecule has 0 bridgehead atoms.